The van der Waals surface area contributed by atoms with Gasteiger partial charge in [0.2, 0.25) is 17.2 Å². The lowest BCUT2D eigenvalue weighted by molar-refractivity contribution is 0.222. The second kappa shape index (κ2) is 8.79. The van der Waals surface area contributed by atoms with E-state index >= 15 is 0 Å². The molecular formula is C24H27ClN8S. The molecule has 4 aromatic rings. The molecule has 10 heteroatoms. The molecule has 0 saturated carbocycles. The third-order valence-electron chi connectivity index (χ3n) is 6.99. The molecule has 3 N–H and O–H groups in total. The number of likely N-dealkylation sites (tertiary alicyclic amines) is 1. The molecule has 176 valence electrons. The average molecular weight is 495 g/mol. The molecular weight excluding hydrogens is 468 g/mol. The highest BCUT2D eigenvalue weighted by Crippen LogP contribution is 2.32. The molecule has 1 aromatic carbocycles. The predicted molar refractivity (Wildman–Crippen MR) is 137 cm³/mol. The van der Waals surface area contributed by atoms with Gasteiger partial charge in [-0.2, -0.15) is 14.6 Å². The summed E-state index contributed by atoms with van der Waals surface area (Å²) < 4.78 is 2.40. The van der Waals surface area contributed by atoms with E-state index in [1.165, 1.54) is 54.6 Å². The summed E-state index contributed by atoms with van der Waals surface area (Å²) in [6.07, 6.45) is 7.41. The molecule has 1 atom stereocenters. The molecule has 4 heterocycles. The maximum Gasteiger partial charge on any atom is 0.248 e. The van der Waals surface area contributed by atoms with Gasteiger partial charge in [0.15, 0.2) is 5.82 Å². The summed E-state index contributed by atoms with van der Waals surface area (Å²) in [5.41, 5.74) is 11.9. The van der Waals surface area contributed by atoms with E-state index in [1.807, 2.05) is 12.3 Å². The second-order valence-corrected chi connectivity index (χ2v) is 10.4. The van der Waals surface area contributed by atoms with Gasteiger partial charge in [0.05, 0.1) is 10.2 Å². The maximum absolute atomic E-state index is 6.23. The lowest BCUT2D eigenvalue weighted by atomic mass is 10.0. The number of aryl methyl sites for hydroxylation is 3. The van der Waals surface area contributed by atoms with E-state index in [1.54, 1.807) is 11.3 Å². The van der Waals surface area contributed by atoms with Crippen molar-refractivity contribution in [1.29, 1.82) is 0 Å². The third kappa shape index (κ3) is 4.01. The molecule has 1 saturated heterocycles. The van der Waals surface area contributed by atoms with Gasteiger partial charge in [-0.15, -0.1) is 16.4 Å². The van der Waals surface area contributed by atoms with Gasteiger partial charge in [-0.1, -0.05) is 6.07 Å². The molecule has 0 radical (unpaired) electrons. The maximum atomic E-state index is 6.23. The molecule has 1 aliphatic heterocycles. The zero-order valence-electron chi connectivity index (χ0n) is 19.1. The van der Waals surface area contributed by atoms with E-state index in [-0.39, 0.29) is 11.2 Å². The van der Waals surface area contributed by atoms with Crippen LogP contribution in [0.15, 0.2) is 23.6 Å². The van der Waals surface area contributed by atoms with E-state index in [9.17, 15) is 0 Å². The summed E-state index contributed by atoms with van der Waals surface area (Å²) in [4.78, 5) is 15.9. The molecule has 0 bridgehead atoms. The number of aromatic nitrogens is 5. The number of anilines is 3. The van der Waals surface area contributed by atoms with Crippen molar-refractivity contribution in [3.05, 3.63) is 45.6 Å². The normalized spacial score (nSPS) is 18.8. The minimum absolute atomic E-state index is 0.159. The monoisotopic (exact) mass is 494 g/mol. The Kier molecular flexibility index (Phi) is 5.63. The van der Waals surface area contributed by atoms with Crippen LogP contribution >= 0.6 is 22.9 Å². The lowest BCUT2D eigenvalue weighted by Gasteiger charge is -2.25. The van der Waals surface area contributed by atoms with Crippen LogP contribution in [0.1, 0.15) is 42.4 Å². The molecule has 1 fully saturated rings. The molecule has 2 aliphatic rings. The number of nitrogens with one attached hydrogen (secondary N) is 1. The van der Waals surface area contributed by atoms with Crippen molar-refractivity contribution in [2.24, 2.45) is 0 Å². The number of thiophene rings is 1. The fraction of sp³-hybridized carbons (Fsp3) is 0.417. The van der Waals surface area contributed by atoms with Gasteiger partial charge in [-0.25, -0.2) is 4.98 Å². The van der Waals surface area contributed by atoms with Crippen LogP contribution in [0.2, 0.25) is 5.28 Å². The summed E-state index contributed by atoms with van der Waals surface area (Å²) in [5.74, 6) is 1.21. The average Bonchev–Trinajstić information content (AvgIpc) is 3.53. The zero-order chi connectivity index (χ0) is 23.2. The van der Waals surface area contributed by atoms with Gasteiger partial charge in [-0.3, -0.25) is 0 Å². The summed E-state index contributed by atoms with van der Waals surface area (Å²) in [6.45, 7) is 4.52. The van der Waals surface area contributed by atoms with Gasteiger partial charge < -0.3 is 16.0 Å². The Hall–Kier alpha value is -2.75. The Morgan fingerprint density at radius 2 is 1.88 bits per heavy atom. The van der Waals surface area contributed by atoms with Crippen molar-refractivity contribution in [1.82, 2.24) is 29.6 Å². The van der Waals surface area contributed by atoms with Crippen molar-refractivity contribution >= 4 is 50.7 Å². The highest BCUT2D eigenvalue weighted by molar-refractivity contribution is 7.17. The van der Waals surface area contributed by atoms with Crippen molar-refractivity contribution in [3.63, 3.8) is 0 Å². The minimum atomic E-state index is 0.159. The van der Waals surface area contributed by atoms with Crippen molar-refractivity contribution in [2.45, 2.75) is 51.5 Å². The first-order valence-corrected chi connectivity index (χ1v) is 13.1. The van der Waals surface area contributed by atoms with Crippen LogP contribution in [-0.4, -0.2) is 48.8 Å². The third-order valence-corrected chi connectivity index (χ3v) is 8.25. The fourth-order valence-electron chi connectivity index (χ4n) is 5.24. The largest absolute Gasteiger partial charge is 0.368 e. The fourth-order valence-corrected chi connectivity index (χ4v) is 6.36. The number of halogens is 1. The molecule has 8 nitrogen and oxygen atoms in total. The van der Waals surface area contributed by atoms with Crippen molar-refractivity contribution < 1.29 is 0 Å². The highest BCUT2D eigenvalue weighted by Gasteiger charge is 2.24. The van der Waals surface area contributed by atoms with Crippen LogP contribution in [0.4, 0.5) is 17.6 Å². The van der Waals surface area contributed by atoms with Crippen LogP contribution in [0, 0.1) is 6.92 Å². The quantitative estimate of drug-likeness (QED) is 0.307. The topological polar surface area (TPSA) is 97.8 Å². The van der Waals surface area contributed by atoms with E-state index in [2.05, 4.69) is 48.5 Å². The Bertz CT molecular complexity index is 1360. The van der Waals surface area contributed by atoms with Crippen LogP contribution in [0.5, 0.6) is 0 Å². The zero-order valence-corrected chi connectivity index (χ0v) is 20.7. The highest BCUT2D eigenvalue weighted by atomic mass is 35.5. The van der Waals surface area contributed by atoms with E-state index in [4.69, 9.17) is 17.3 Å². The first kappa shape index (κ1) is 21.8. The summed E-state index contributed by atoms with van der Waals surface area (Å²) in [7, 11) is 0. The Morgan fingerprint density at radius 3 is 2.71 bits per heavy atom. The summed E-state index contributed by atoms with van der Waals surface area (Å²) in [5, 5.41) is 10.1. The van der Waals surface area contributed by atoms with Crippen LogP contribution in [-0.2, 0) is 12.8 Å². The van der Waals surface area contributed by atoms with E-state index in [0.717, 1.165) is 34.3 Å². The van der Waals surface area contributed by atoms with Gasteiger partial charge >= 0.3 is 0 Å². The molecule has 1 aliphatic carbocycles. The number of nitrogens with two attached hydrogens (primary N) is 1. The smallest absolute Gasteiger partial charge is 0.248 e. The number of nitrogen functional groups attached to an aromatic ring is 1. The lowest BCUT2D eigenvalue weighted by Crippen LogP contribution is -2.32. The molecule has 6 rings (SSSR count). The summed E-state index contributed by atoms with van der Waals surface area (Å²) >= 11 is 7.73. The molecule has 34 heavy (non-hydrogen) atoms. The van der Waals surface area contributed by atoms with Crippen molar-refractivity contribution in [3.8, 4) is 5.82 Å². The Balaban J connectivity index is 1.24. The van der Waals surface area contributed by atoms with Crippen LogP contribution < -0.4 is 11.1 Å². The first-order valence-electron chi connectivity index (χ1n) is 11.8. The number of hydrogen-bond donors (Lipinski definition) is 2. The number of rotatable bonds is 4. The Morgan fingerprint density at radius 1 is 1.09 bits per heavy atom. The number of fused-ring (bicyclic) bond motifs is 2. The standard InChI is InChI=1S/C24H27ClN8S/c1-14-13-34-20-19(14)28-22(25)29-21(20)33-23(26)30-24(31-33)27-17-7-4-15-5-8-18(9-6-16(15)12-17)32-10-2-3-11-32/h4,7,12-13,18H,2-3,5-6,8-11H2,1H3,(H3,26,27,30,31). The molecule has 0 spiro atoms. The predicted octanol–water partition coefficient (Wildman–Crippen LogP) is 4.90. The molecule has 3 aromatic heterocycles. The molecule has 1 unspecified atom stereocenters. The van der Waals surface area contributed by atoms with E-state index < -0.39 is 0 Å². The van der Waals surface area contributed by atoms with Gasteiger partial charge in [0.25, 0.3) is 0 Å². The number of benzene rings is 1. The van der Waals surface area contributed by atoms with Gasteiger partial charge in [0.1, 0.15) is 0 Å². The van der Waals surface area contributed by atoms with Crippen LogP contribution in [0.3, 0.4) is 0 Å². The number of hydrogen-bond acceptors (Lipinski definition) is 8. The first-order chi connectivity index (χ1) is 16.5. The van der Waals surface area contributed by atoms with Gasteiger partial charge in [-0.05, 0) is 104 Å². The number of nitrogens with zero attached hydrogens (tertiary/aromatic N) is 6. The van der Waals surface area contributed by atoms with Gasteiger partial charge in [0, 0.05) is 11.7 Å². The minimum Gasteiger partial charge on any atom is -0.368 e. The second-order valence-electron chi connectivity index (χ2n) is 9.20. The van der Waals surface area contributed by atoms with E-state index in [0.29, 0.717) is 17.8 Å². The molecule has 0 amide bonds. The van der Waals surface area contributed by atoms with Crippen molar-refractivity contribution in [2.75, 3.05) is 24.1 Å². The summed E-state index contributed by atoms with van der Waals surface area (Å²) in [6, 6.07) is 7.29. The van der Waals surface area contributed by atoms with Crippen LogP contribution in [0.25, 0.3) is 16.0 Å². The SMILES string of the molecule is Cc1csc2c(-n3nc(Nc4ccc5c(c4)CCC(N4CCCC4)CC5)nc3N)nc(Cl)nc12. The Labute approximate surface area is 207 Å².